The van der Waals surface area contributed by atoms with E-state index in [1.54, 1.807) is 6.21 Å². The predicted molar refractivity (Wildman–Crippen MR) is 105 cm³/mol. The van der Waals surface area contributed by atoms with Gasteiger partial charge in [0.15, 0.2) is 0 Å². The van der Waals surface area contributed by atoms with Crippen LogP contribution in [0.15, 0.2) is 35.3 Å². The second-order valence-electron chi connectivity index (χ2n) is 7.94. The van der Waals surface area contributed by atoms with Crippen LogP contribution in [0.2, 0.25) is 0 Å². The molecule has 3 rings (SSSR count). The number of amides is 1. The molecule has 1 aliphatic carbocycles. The summed E-state index contributed by atoms with van der Waals surface area (Å²) in [5.41, 5.74) is 1.15. The Bertz CT molecular complexity index is 581. The molecule has 4 heteroatoms. The first-order valence-corrected chi connectivity index (χ1v) is 10.2. The number of rotatable bonds is 6. The lowest BCUT2D eigenvalue weighted by Crippen LogP contribution is -2.44. The number of hydrogen-bond acceptors (Lipinski definition) is 3. The first-order valence-electron chi connectivity index (χ1n) is 10.2. The molecule has 2 N–H and O–H groups in total. The number of aliphatic hydroxyl groups is 1. The Morgan fingerprint density at radius 2 is 1.92 bits per heavy atom. The van der Waals surface area contributed by atoms with E-state index in [4.69, 9.17) is 0 Å². The monoisotopic (exact) mass is 356 g/mol. The van der Waals surface area contributed by atoms with Crippen LogP contribution < -0.4 is 5.32 Å². The van der Waals surface area contributed by atoms with Gasteiger partial charge in [0.1, 0.15) is 0 Å². The molecule has 3 atom stereocenters. The van der Waals surface area contributed by atoms with Crippen molar-refractivity contribution in [2.24, 2.45) is 22.7 Å². The Kier molecular flexibility index (Phi) is 7.39. The molecule has 0 bridgehead atoms. The van der Waals surface area contributed by atoms with Crippen LogP contribution in [0, 0.1) is 17.8 Å². The van der Waals surface area contributed by atoms with E-state index in [0.717, 1.165) is 24.4 Å². The molecule has 1 aromatic rings. The van der Waals surface area contributed by atoms with Gasteiger partial charge in [-0.1, -0.05) is 62.4 Å². The number of piperidine rings is 1. The van der Waals surface area contributed by atoms with Crippen LogP contribution in [0.3, 0.4) is 0 Å². The maximum atomic E-state index is 12.6. The minimum absolute atomic E-state index is 0.00840. The number of benzene rings is 1. The number of aliphatic hydroxyl groups excluding tert-OH is 1. The van der Waals surface area contributed by atoms with Crippen molar-refractivity contribution in [3.8, 4) is 0 Å². The number of carbonyl (C=O) groups excluding carboxylic acids is 1. The minimum atomic E-state index is -0.150. The molecule has 4 nitrogen and oxygen atoms in total. The fraction of sp³-hybridized carbons (Fsp3) is 0.636. The Morgan fingerprint density at radius 3 is 2.65 bits per heavy atom. The van der Waals surface area contributed by atoms with E-state index < -0.39 is 0 Å². The van der Waals surface area contributed by atoms with E-state index >= 15 is 0 Å². The topological polar surface area (TPSA) is 61.7 Å². The predicted octanol–water partition coefficient (Wildman–Crippen LogP) is 3.38. The Hall–Kier alpha value is -1.52. The lowest BCUT2D eigenvalue weighted by atomic mass is 9.74. The van der Waals surface area contributed by atoms with Crippen molar-refractivity contribution in [2.45, 2.75) is 57.4 Å². The van der Waals surface area contributed by atoms with Gasteiger partial charge in [0.25, 0.3) is 5.91 Å². The number of nitrogens with one attached hydrogen (secondary N) is 1. The highest BCUT2D eigenvalue weighted by molar-refractivity contribution is 5.89. The fourth-order valence-electron chi connectivity index (χ4n) is 4.52. The summed E-state index contributed by atoms with van der Waals surface area (Å²) in [6.45, 7) is 0.926. The molecule has 1 unspecified atom stereocenters. The number of aliphatic imine (C=N–C) groups is 1. The van der Waals surface area contributed by atoms with Gasteiger partial charge in [-0.3, -0.25) is 4.79 Å². The molecule has 1 saturated carbocycles. The van der Waals surface area contributed by atoms with Gasteiger partial charge in [-0.05, 0) is 43.2 Å². The second kappa shape index (κ2) is 9.98. The van der Waals surface area contributed by atoms with E-state index in [1.807, 2.05) is 30.3 Å². The van der Waals surface area contributed by atoms with Crippen molar-refractivity contribution in [3.63, 3.8) is 0 Å². The first kappa shape index (κ1) is 19.2. The molecule has 1 heterocycles. The summed E-state index contributed by atoms with van der Waals surface area (Å²) in [5.74, 6) is 1.28. The highest BCUT2D eigenvalue weighted by Crippen LogP contribution is 2.35. The minimum Gasteiger partial charge on any atom is -0.396 e. The van der Waals surface area contributed by atoms with Crippen molar-refractivity contribution < 1.29 is 9.90 Å². The molecule has 2 fully saturated rings. The molecule has 0 radical (unpaired) electrons. The molecule has 1 aliphatic heterocycles. The van der Waals surface area contributed by atoms with E-state index in [9.17, 15) is 9.90 Å². The van der Waals surface area contributed by atoms with Crippen LogP contribution in [0.25, 0.3) is 0 Å². The van der Waals surface area contributed by atoms with Crippen LogP contribution in [-0.2, 0) is 11.2 Å². The van der Waals surface area contributed by atoms with Gasteiger partial charge in [0.05, 0.1) is 12.6 Å². The van der Waals surface area contributed by atoms with E-state index in [-0.39, 0.29) is 24.5 Å². The SMILES string of the molecule is O=C(/N=C/C(CO)Cc1ccccc1)[C@H]1C[C@@H](C2CCCCC2)CCN1. The molecular weight excluding hydrogens is 324 g/mol. The van der Waals surface area contributed by atoms with Gasteiger partial charge in [-0.2, -0.15) is 0 Å². The van der Waals surface area contributed by atoms with Crippen LogP contribution in [0.1, 0.15) is 50.5 Å². The standard InChI is InChI=1S/C22H32N2O2/c25-16-18(13-17-7-3-1-4-8-17)15-24-22(26)21-14-20(11-12-23-21)19-9-5-2-6-10-19/h1,3-4,7-8,15,18-21,23,25H,2,5-6,9-14,16H2/b24-15+/t18?,20-,21+/m0/s1. The van der Waals surface area contributed by atoms with Crippen molar-refractivity contribution in [3.05, 3.63) is 35.9 Å². The summed E-state index contributed by atoms with van der Waals surface area (Å²) < 4.78 is 0. The van der Waals surface area contributed by atoms with Gasteiger partial charge in [0, 0.05) is 12.1 Å². The first-order chi connectivity index (χ1) is 12.8. The molecule has 0 spiro atoms. The highest BCUT2D eigenvalue weighted by atomic mass is 16.3. The van der Waals surface area contributed by atoms with E-state index in [1.165, 1.54) is 38.5 Å². The van der Waals surface area contributed by atoms with Crippen LogP contribution >= 0.6 is 0 Å². The maximum Gasteiger partial charge on any atom is 0.262 e. The van der Waals surface area contributed by atoms with Crippen molar-refractivity contribution in [1.29, 1.82) is 0 Å². The van der Waals surface area contributed by atoms with Crippen LogP contribution in [0.4, 0.5) is 0 Å². The lowest BCUT2D eigenvalue weighted by Gasteiger charge is -2.36. The molecule has 0 aromatic heterocycles. The van der Waals surface area contributed by atoms with Gasteiger partial charge in [-0.25, -0.2) is 4.99 Å². The highest BCUT2D eigenvalue weighted by Gasteiger charge is 2.31. The van der Waals surface area contributed by atoms with E-state index in [2.05, 4.69) is 10.3 Å². The zero-order chi connectivity index (χ0) is 18.2. The summed E-state index contributed by atoms with van der Waals surface area (Å²) in [7, 11) is 0. The quantitative estimate of drug-likeness (QED) is 0.768. The summed E-state index contributed by atoms with van der Waals surface area (Å²) >= 11 is 0. The van der Waals surface area contributed by atoms with Gasteiger partial charge in [0.2, 0.25) is 0 Å². The Morgan fingerprint density at radius 1 is 1.15 bits per heavy atom. The van der Waals surface area contributed by atoms with Crippen LogP contribution in [0.5, 0.6) is 0 Å². The van der Waals surface area contributed by atoms with Gasteiger partial charge in [-0.15, -0.1) is 0 Å². The smallest absolute Gasteiger partial charge is 0.262 e. The molecular formula is C22H32N2O2. The summed E-state index contributed by atoms with van der Waals surface area (Å²) in [6.07, 6.45) is 11.2. The Labute approximate surface area is 157 Å². The Balaban J connectivity index is 1.53. The average Bonchev–Trinajstić information content (AvgIpc) is 2.72. The molecule has 26 heavy (non-hydrogen) atoms. The summed E-state index contributed by atoms with van der Waals surface area (Å²) in [6, 6.07) is 9.88. The fourth-order valence-corrected chi connectivity index (χ4v) is 4.52. The van der Waals surface area contributed by atoms with E-state index in [0.29, 0.717) is 12.3 Å². The molecule has 1 saturated heterocycles. The third-order valence-electron chi connectivity index (χ3n) is 6.05. The third kappa shape index (κ3) is 5.49. The molecule has 1 amide bonds. The zero-order valence-corrected chi connectivity index (χ0v) is 15.6. The zero-order valence-electron chi connectivity index (χ0n) is 15.6. The summed E-state index contributed by atoms with van der Waals surface area (Å²) in [5, 5.41) is 13.0. The van der Waals surface area contributed by atoms with Crippen LogP contribution in [-0.4, -0.2) is 36.4 Å². The molecule has 1 aromatic carbocycles. The normalized spacial score (nSPS) is 26.0. The maximum absolute atomic E-state index is 12.6. The third-order valence-corrected chi connectivity index (χ3v) is 6.05. The van der Waals surface area contributed by atoms with Gasteiger partial charge < -0.3 is 10.4 Å². The lowest BCUT2D eigenvalue weighted by molar-refractivity contribution is -0.120. The summed E-state index contributed by atoms with van der Waals surface area (Å²) in [4.78, 5) is 16.8. The number of nitrogens with zero attached hydrogens (tertiary/aromatic N) is 1. The van der Waals surface area contributed by atoms with Crippen molar-refractivity contribution in [2.75, 3.05) is 13.2 Å². The second-order valence-corrected chi connectivity index (χ2v) is 7.94. The number of hydrogen-bond donors (Lipinski definition) is 2. The van der Waals surface area contributed by atoms with Gasteiger partial charge >= 0.3 is 0 Å². The molecule has 2 aliphatic rings. The largest absolute Gasteiger partial charge is 0.396 e. The molecule has 142 valence electrons. The van der Waals surface area contributed by atoms with Crippen molar-refractivity contribution in [1.82, 2.24) is 5.32 Å². The van der Waals surface area contributed by atoms with Crippen molar-refractivity contribution >= 4 is 12.1 Å². The number of carbonyl (C=O) groups is 1. The average molecular weight is 357 g/mol.